The Balaban J connectivity index is 1.88. The summed E-state index contributed by atoms with van der Waals surface area (Å²) < 4.78 is 10.0. The van der Waals surface area contributed by atoms with Crippen molar-refractivity contribution >= 4 is 22.8 Å². The lowest BCUT2D eigenvalue weighted by atomic mass is 10.2. The average Bonchev–Trinajstić information content (AvgIpc) is 3.37. The maximum Gasteiger partial charge on any atom is 0.333 e. The third-order valence-electron chi connectivity index (χ3n) is 4.88. The molecule has 0 bridgehead atoms. The van der Waals surface area contributed by atoms with Crippen molar-refractivity contribution in [3.05, 3.63) is 86.2 Å². The zero-order valence-corrected chi connectivity index (χ0v) is 16.8. The van der Waals surface area contributed by atoms with Gasteiger partial charge in [0.15, 0.2) is 11.2 Å². The van der Waals surface area contributed by atoms with Crippen LogP contribution in [0.25, 0.3) is 11.2 Å². The number of aromatic nitrogens is 4. The maximum absolute atomic E-state index is 13.3. The molecule has 3 heterocycles. The maximum atomic E-state index is 13.3. The molecule has 4 aromatic rings. The fourth-order valence-corrected chi connectivity index (χ4v) is 3.48. The monoisotopic (exact) mass is 412 g/mol. The summed E-state index contributed by atoms with van der Waals surface area (Å²) in [7, 11) is 0. The number of hydrogen-bond donors (Lipinski definition) is 0. The fourth-order valence-electron chi connectivity index (χ4n) is 3.36. The van der Waals surface area contributed by atoms with E-state index < -0.39 is 0 Å². The van der Waals surface area contributed by atoms with Crippen molar-refractivity contribution in [2.45, 2.75) is 39.4 Å². The van der Waals surface area contributed by atoms with Crippen molar-refractivity contribution < 1.29 is 4.42 Å². The van der Waals surface area contributed by atoms with Gasteiger partial charge in [0.1, 0.15) is 5.76 Å². The lowest BCUT2D eigenvalue weighted by Crippen LogP contribution is -2.41. The molecule has 0 unspecified atom stereocenters. The molecule has 0 amide bonds. The van der Waals surface area contributed by atoms with E-state index in [1.54, 1.807) is 39.9 Å². The van der Waals surface area contributed by atoms with Gasteiger partial charge >= 0.3 is 5.69 Å². The second kappa shape index (κ2) is 8.13. The Morgan fingerprint density at radius 2 is 1.86 bits per heavy atom. The lowest BCUT2D eigenvalue weighted by molar-refractivity contribution is 0.495. The number of furan rings is 1. The minimum Gasteiger partial charge on any atom is -0.467 e. The van der Waals surface area contributed by atoms with Gasteiger partial charge in [0.2, 0.25) is 0 Å². The summed E-state index contributed by atoms with van der Waals surface area (Å²) in [6, 6.07) is 10.8. The van der Waals surface area contributed by atoms with Crippen LogP contribution < -0.4 is 11.2 Å². The molecule has 0 radical (unpaired) electrons. The normalized spacial score (nSPS) is 11.4. The molecule has 0 N–H and O–H groups in total. The second-order valence-corrected chi connectivity index (χ2v) is 7.37. The van der Waals surface area contributed by atoms with Crippen LogP contribution in [0.4, 0.5) is 0 Å². The van der Waals surface area contributed by atoms with Crippen molar-refractivity contribution in [2.75, 3.05) is 0 Å². The van der Waals surface area contributed by atoms with E-state index >= 15 is 0 Å². The number of halogens is 1. The van der Waals surface area contributed by atoms with Crippen LogP contribution in [0, 0.1) is 0 Å². The van der Waals surface area contributed by atoms with Crippen LogP contribution in [0.1, 0.15) is 31.1 Å². The fraction of sp³-hybridized carbons (Fsp3) is 0.286. The van der Waals surface area contributed by atoms with E-state index in [0.29, 0.717) is 35.0 Å². The van der Waals surface area contributed by atoms with Crippen LogP contribution >= 0.6 is 11.6 Å². The zero-order chi connectivity index (χ0) is 20.4. The Labute approximate surface area is 171 Å². The standard InChI is InChI=1S/C21H21ClN4O3/c1-2-3-10-25-19-18(24(14-23-19)13-17-5-4-11-29-17)20(27)26(21(25)28)12-15-6-8-16(22)9-7-15/h4-9,11,14H,2-3,10,12-13H2,1H3. The smallest absolute Gasteiger partial charge is 0.333 e. The van der Waals surface area contributed by atoms with Gasteiger partial charge in [-0.15, -0.1) is 0 Å². The number of imidazole rings is 1. The van der Waals surface area contributed by atoms with Crippen LogP contribution in [0.2, 0.25) is 5.02 Å². The van der Waals surface area contributed by atoms with E-state index in [1.807, 2.05) is 18.2 Å². The highest BCUT2D eigenvalue weighted by Gasteiger charge is 2.18. The molecule has 150 valence electrons. The van der Waals surface area contributed by atoms with Gasteiger partial charge in [-0.2, -0.15) is 0 Å². The topological polar surface area (TPSA) is 75.0 Å². The van der Waals surface area contributed by atoms with Crippen LogP contribution in [0.5, 0.6) is 0 Å². The molecule has 0 aliphatic rings. The molecular weight excluding hydrogens is 392 g/mol. The first-order chi connectivity index (χ1) is 14.1. The Morgan fingerprint density at radius 3 is 2.55 bits per heavy atom. The highest BCUT2D eigenvalue weighted by atomic mass is 35.5. The first-order valence-electron chi connectivity index (χ1n) is 9.53. The Bertz CT molecular complexity index is 1230. The minimum atomic E-state index is -0.364. The predicted molar refractivity (Wildman–Crippen MR) is 112 cm³/mol. The number of rotatable bonds is 7. The van der Waals surface area contributed by atoms with Crippen molar-refractivity contribution in [1.29, 1.82) is 0 Å². The van der Waals surface area contributed by atoms with Crippen molar-refractivity contribution in [1.82, 2.24) is 18.7 Å². The Hall–Kier alpha value is -3.06. The molecule has 0 atom stereocenters. The summed E-state index contributed by atoms with van der Waals surface area (Å²) in [5, 5.41) is 0.605. The first kappa shape index (κ1) is 19.3. The van der Waals surface area contributed by atoms with Crippen LogP contribution in [0.15, 0.2) is 63.0 Å². The molecular formula is C21H21ClN4O3. The third-order valence-corrected chi connectivity index (χ3v) is 5.13. The molecule has 1 aromatic carbocycles. The van der Waals surface area contributed by atoms with Gasteiger partial charge in [-0.05, 0) is 36.2 Å². The quantitative estimate of drug-likeness (QED) is 0.465. The summed E-state index contributed by atoms with van der Waals surface area (Å²) in [4.78, 5) is 30.8. The summed E-state index contributed by atoms with van der Waals surface area (Å²) in [6.07, 6.45) is 4.92. The average molecular weight is 413 g/mol. The highest BCUT2D eigenvalue weighted by Crippen LogP contribution is 2.13. The SMILES string of the molecule is CCCCn1c(=O)n(Cc2ccc(Cl)cc2)c(=O)c2c1ncn2Cc1ccco1. The van der Waals surface area contributed by atoms with Gasteiger partial charge in [0, 0.05) is 11.6 Å². The van der Waals surface area contributed by atoms with E-state index in [4.69, 9.17) is 16.0 Å². The number of nitrogens with zero attached hydrogens (tertiary/aromatic N) is 4. The van der Waals surface area contributed by atoms with Gasteiger partial charge in [-0.25, -0.2) is 9.78 Å². The van der Waals surface area contributed by atoms with Crippen molar-refractivity contribution in [2.24, 2.45) is 0 Å². The Morgan fingerprint density at radius 1 is 1.07 bits per heavy atom. The first-order valence-corrected chi connectivity index (χ1v) is 9.91. The summed E-state index contributed by atoms with van der Waals surface area (Å²) >= 11 is 5.96. The summed E-state index contributed by atoms with van der Waals surface area (Å²) in [6.45, 7) is 3.10. The molecule has 0 aliphatic carbocycles. The largest absolute Gasteiger partial charge is 0.467 e. The number of hydrogen-bond acceptors (Lipinski definition) is 4. The van der Waals surface area contributed by atoms with Crippen LogP contribution in [-0.2, 0) is 19.6 Å². The molecule has 8 heteroatoms. The van der Waals surface area contributed by atoms with Gasteiger partial charge in [0.05, 0.1) is 25.7 Å². The highest BCUT2D eigenvalue weighted by molar-refractivity contribution is 6.30. The zero-order valence-electron chi connectivity index (χ0n) is 16.0. The van der Waals surface area contributed by atoms with Gasteiger partial charge in [0.25, 0.3) is 5.56 Å². The van der Waals surface area contributed by atoms with Gasteiger partial charge in [-0.3, -0.25) is 13.9 Å². The summed E-state index contributed by atoms with van der Waals surface area (Å²) in [5.74, 6) is 0.708. The molecule has 7 nitrogen and oxygen atoms in total. The van der Waals surface area contributed by atoms with E-state index in [0.717, 1.165) is 18.4 Å². The molecule has 4 rings (SSSR count). The van der Waals surface area contributed by atoms with Crippen molar-refractivity contribution in [3.8, 4) is 0 Å². The molecule has 0 fully saturated rings. The van der Waals surface area contributed by atoms with Crippen LogP contribution in [-0.4, -0.2) is 18.7 Å². The Kier molecular flexibility index (Phi) is 5.40. The van der Waals surface area contributed by atoms with E-state index in [-0.39, 0.29) is 17.8 Å². The van der Waals surface area contributed by atoms with E-state index in [2.05, 4.69) is 11.9 Å². The molecule has 0 aliphatic heterocycles. The van der Waals surface area contributed by atoms with Crippen molar-refractivity contribution in [3.63, 3.8) is 0 Å². The molecule has 3 aromatic heterocycles. The summed E-state index contributed by atoms with van der Waals surface area (Å²) in [5.41, 5.74) is 0.913. The molecule has 0 saturated carbocycles. The lowest BCUT2D eigenvalue weighted by Gasteiger charge is -2.12. The number of benzene rings is 1. The molecule has 0 spiro atoms. The van der Waals surface area contributed by atoms with Gasteiger partial charge in [-0.1, -0.05) is 37.1 Å². The van der Waals surface area contributed by atoms with E-state index in [9.17, 15) is 9.59 Å². The number of fused-ring (bicyclic) bond motifs is 1. The molecule has 29 heavy (non-hydrogen) atoms. The minimum absolute atomic E-state index is 0.169. The third kappa shape index (κ3) is 3.78. The second-order valence-electron chi connectivity index (χ2n) is 6.93. The number of unbranched alkanes of at least 4 members (excludes halogenated alkanes) is 1. The number of aryl methyl sites for hydroxylation is 1. The van der Waals surface area contributed by atoms with Gasteiger partial charge < -0.3 is 8.98 Å². The van der Waals surface area contributed by atoms with E-state index in [1.165, 1.54) is 4.57 Å². The predicted octanol–water partition coefficient (Wildman–Crippen LogP) is 3.50. The van der Waals surface area contributed by atoms with Crippen LogP contribution in [0.3, 0.4) is 0 Å². The molecule has 0 saturated heterocycles.